The lowest BCUT2D eigenvalue weighted by atomic mass is 9.98. The molecule has 1 aliphatic heterocycles. The Kier molecular flexibility index (Phi) is 5.13. The zero-order valence-electron chi connectivity index (χ0n) is 12.5. The third-order valence-electron chi connectivity index (χ3n) is 3.97. The summed E-state index contributed by atoms with van der Waals surface area (Å²) < 4.78 is 27.1. The Morgan fingerprint density at radius 1 is 1.24 bits per heavy atom. The summed E-state index contributed by atoms with van der Waals surface area (Å²) in [5, 5.41) is 0. The van der Waals surface area contributed by atoms with E-state index in [0.29, 0.717) is 18.0 Å². The van der Waals surface area contributed by atoms with Crippen LogP contribution in [-0.2, 0) is 10.0 Å². The minimum absolute atomic E-state index is 0.0711. The standard InChI is InChI=1S/C15H22N2O3S/c1-12(18)14-3-5-15(6-4-14)21(19,20)16-11-13-7-9-17(2)10-8-13/h3-6,13,16H,7-11H2,1-2H3. The number of sulfonamides is 1. The lowest BCUT2D eigenvalue weighted by molar-refractivity contribution is 0.101. The van der Waals surface area contributed by atoms with Crippen molar-refractivity contribution >= 4 is 15.8 Å². The largest absolute Gasteiger partial charge is 0.306 e. The molecule has 1 aliphatic rings. The lowest BCUT2D eigenvalue weighted by Crippen LogP contribution is -2.36. The number of Topliss-reactive ketones (excluding diaryl/α,β-unsaturated/α-hetero) is 1. The van der Waals surface area contributed by atoms with Crippen molar-refractivity contribution < 1.29 is 13.2 Å². The average Bonchev–Trinajstić information content (AvgIpc) is 2.47. The van der Waals surface area contributed by atoms with Gasteiger partial charge >= 0.3 is 0 Å². The van der Waals surface area contributed by atoms with Gasteiger partial charge in [0.25, 0.3) is 0 Å². The third-order valence-corrected chi connectivity index (χ3v) is 5.41. The highest BCUT2D eigenvalue weighted by molar-refractivity contribution is 7.89. The molecule has 0 unspecified atom stereocenters. The summed E-state index contributed by atoms with van der Waals surface area (Å²) in [5.74, 6) is 0.325. The fourth-order valence-corrected chi connectivity index (χ4v) is 3.56. The molecule has 1 N–H and O–H groups in total. The molecule has 1 fully saturated rings. The van der Waals surface area contributed by atoms with Crippen LogP contribution in [0.3, 0.4) is 0 Å². The molecule has 5 nitrogen and oxygen atoms in total. The first kappa shape index (κ1) is 16.1. The first-order chi connectivity index (χ1) is 9.88. The second-order valence-corrected chi connectivity index (χ2v) is 7.45. The molecule has 1 aromatic rings. The van der Waals surface area contributed by atoms with Crippen LogP contribution in [0.2, 0.25) is 0 Å². The summed E-state index contributed by atoms with van der Waals surface area (Å²) in [7, 11) is -1.41. The molecule has 0 amide bonds. The van der Waals surface area contributed by atoms with Gasteiger partial charge in [-0.25, -0.2) is 13.1 Å². The molecular weight excluding hydrogens is 288 g/mol. The number of nitrogens with zero attached hydrogens (tertiary/aromatic N) is 1. The van der Waals surface area contributed by atoms with E-state index in [1.54, 1.807) is 12.1 Å². The second-order valence-electron chi connectivity index (χ2n) is 5.68. The molecule has 1 heterocycles. The Balaban J connectivity index is 1.96. The number of ketones is 1. The van der Waals surface area contributed by atoms with E-state index >= 15 is 0 Å². The molecule has 0 radical (unpaired) electrons. The summed E-state index contributed by atoms with van der Waals surface area (Å²) >= 11 is 0. The molecular formula is C15H22N2O3S. The minimum Gasteiger partial charge on any atom is -0.306 e. The van der Waals surface area contributed by atoms with Gasteiger partial charge in [0.05, 0.1) is 4.90 Å². The summed E-state index contributed by atoms with van der Waals surface area (Å²) in [5.41, 5.74) is 0.518. The maximum atomic E-state index is 12.2. The minimum atomic E-state index is -3.49. The van der Waals surface area contributed by atoms with Crippen LogP contribution in [0.1, 0.15) is 30.1 Å². The van der Waals surface area contributed by atoms with Crippen LogP contribution < -0.4 is 4.72 Å². The summed E-state index contributed by atoms with van der Waals surface area (Å²) in [4.78, 5) is 13.7. The van der Waals surface area contributed by atoms with Crippen molar-refractivity contribution in [2.45, 2.75) is 24.7 Å². The highest BCUT2D eigenvalue weighted by Gasteiger charge is 2.20. The van der Waals surface area contributed by atoms with Crippen LogP contribution >= 0.6 is 0 Å². The zero-order valence-corrected chi connectivity index (χ0v) is 13.3. The van der Waals surface area contributed by atoms with Gasteiger partial charge < -0.3 is 4.90 Å². The van der Waals surface area contributed by atoms with E-state index in [0.717, 1.165) is 25.9 Å². The summed E-state index contributed by atoms with van der Waals surface area (Å²) in [6, 6.07) is 6.06. The molecule has 0 saturated carbocycles. The van der Waals surface area contributed by atoms with E-state index in [1.807, 2.05) is 0 Å². The Morgan fingerprint density at radius 2 is 1.81 bits per heavy atom. The Morgan fingerprint density at radius 3 is 2.33 bits per heavy atom. The van der Waals surface area contributed by atoms with Gasteiger partial charge in [0, 0.05) is 12.1 Å². The molecule has 1 saturated heterocycles. The molecule has 116 valence electrons. The van der Waals surface area contributed by atoms with Gasteiger partial charge in [0.2, 0.25) is 10.0 Å². The molecule has 2 rings (SSSR count). The van der Waals surface area contributed by atoms with Crippen molar-refractivity contribution in [2.75, 3.05) is 26.7 Å². The van der Waals surface area contributed by atoms with Crippen molar-refractivity contribution in [3.05, 3.63) is 29.8 Å². The van der Waals surface area contributed by atoms with E-state index in [1.165, 1.54) is 19.1 Å². The Labute approximate surface area is 126 Å². The number of hydrogen-bond acceptors (Lipinski definition) is 4. The number of carbonyl (C=O) groups excluding carboxylic acids is 1. The van der Waals surface area contributed by atoms with E-state index in [4.69, 9.17) is 0 Å². The maximum Gasteiger partial charge on any atom is 0.240 e. The van der Waals surface area contributed by atoms with Gasteiger partial charge in [0.15, 0.2) is 5.78 Å². The fourth-order valence-electron chi connectivity index (χ4n) is 2.45. The molecule has 21 heavy (non-hydrogen) atoms. The van der Waals surface area contributed by atoms with Gasteiger partial charge in [-0.1, -0.05) is 12.1 Å². The Bertz CT molecular complexity index is 588. The van der Waals surface area contributed by atoms with Gasteiger partial charge in [-0.05, 0) is 58.0 Å². The van der Waals surface area contributed by atoms with Crippen LogP contribution in [0.5, 0.6) is 0 Å². The molecule has 1 aromatic carbocycles. The quantitative estimate of drug-likeness (QED) is 0.837. The van der Waals surface area contributed by atoms with Gasteiger partial charge in [0.1, 0.15) is 0 Å². The van der Waals surface area contributed by atoms with Crippen molar-refractivity contribution in [3.8, 4) is 0 Å². The van der Waals surface area contributed by atoms with Crippen LogP contribution in [0.4, 0.5) is 0 Å². The third kappa shape index (κ3) is 4.36. The van der Waals surface area contributed by atoms with Crippen molar-refractivity contribution in [1.82, 2.24) is 9.62 Å². The van der Waals surface area contributed by atoms with E-state index in [-0.39, 0.29) is 10.7 Å². The number of piperidine rings is 1. The van der Waals surface area contributed by atoms with Crippen LogP contribution in [-0.4, -0.2) is 45.8 Å². The van der Waals surface area contributed by atoms with E-state index in [9.17, 15) is 13.2 Å². The average molecular weight is 310 g/mol. The first-order valence-corrected chi connectivity index (χ1v) is 8.66. The molecule has 0 atom stereocenters. The van der Waals surface area contributed by atoms with Gasteiger partial charge in [-0.2, -0.15) is 0 Å². The SMILES string of the molecule is CC(=O)c1ccc(S(=O)(=O)NCC2CCN(C)CC2)cc1. The van der Waals surface area contributed by atoms with Crippen molar-refractivity contribution in [3.63, 3.8) is 0 Å². The molecule has 0 aromatic heterocycles. The highest BCUT2D eigenvalue weighted by Crippen LogP contribution is 2.16. The lowest BCUT2D eigenvalue weighted by Gasteiger charge is -2.28. The summed E-state index contributed by atoms with van der Waals surface area (Å²) in [6.45, 7) is 3.96. The second kappa shape index (κ2) is 6.68. The van der Waals surface area contributed by atoms with E-state index < -0.39 is 10.0 Å². The first-order valence-electron chi connectivity index (χ1n) is 7.18. The Hall–Kier alpha value is -1.24. The van der Waals surface area contributed by atoms with Crippen molar-refractivity contribution in [2.24, 2.45) is 5.92 Å². The van der Waals surface area contributed by atoms with Crippen LogP contribution in [0.15, 0.2) is 29.2 Å². The number of benzene rings is 1. The number of rotatable bonds is 5. The van der Waals surface area contributed by atoms with Gasteiger partial charge in [-0.3, -0.25) is 4.79 Å². The predicted molar refractivity (Wildman–Crippen MR) is 81.9 cm³/mol. The fraction of sp³-hybridized carbons (Fsp3) is 0.533. The van der Waals surface area contributed by atoms with E-state index in [2.05, 4.69) is 16.7 Å². The smallest absolute Gasteiger partial charge is 0.240 e. The topological polar surface area (TPSA) is 66.5 Å². The normalized spacial score (nSPS) is 17.8. The zero-order chi connectivity index (χ0) is 15.5. The number of carbonyl (C=O) groups is 1. The summed E-state index contributed by atoms with van der Waals surface area (Å²) in [6.07, 6.45) is 2.03. The monoisotopic (exact) mass is 310 g/mol. The molecule has 6 heteroatoms. The molecule has 0 spiro atoms. The number of hydrogen-bond donors (Lipinski definition) is 1. The number of likely N-dealkylation sites (tertiary alicyclic amines) is 1. The predicted octanol–water partition coefficient (Wildman–Crippen LogP) is 1.51. The highest BCUT2D eigenvalue weighted by atomic mass is 32.2. The van der Waals surface area contributed by atoms with Gasteiger partial charge in [-0.15, -0.1) is 0 Å². The maximum absolute atomic E-state index is 12.2. The van der Waals surface area contributed by atoms with Crippen molar-refractivity contribution in [1.29, 1.82) is 0 Å². The molecule has 0 bridgehead atoms. The van der Waals surface area contributed by atoms with Crippen LogP contribution in [0, 0.1) is 5.92 Å². The number of nitrogens with one attached hydrogen (secondary N) is 1. The molecule has 0 aliphatic carbocycles. The van der Waals surface area contributed by atoms with Crippen LogP contribution in [0.25, 0.3) is 0 Å².